The molecule has 5 heteroatoms. The molecule has 5 nitrogen and oxygen atoms in total. The second-order valence-electron chi connectivity index (χ2n) is 6.07. The summed E-state index contributed by atoms with van der Waals surface area (Å²) in [5, 5.41) is 2.90. The van der Waals surface area contributed by atoms with E-state index in [4.69, 9.17) is 14.2 Å². The van der Waals surface area contributed by atoms with Gasteiger partial charge in [0.2, 0.25) is 0 Å². The third-order valence-electron chi connectivity index (χ3n) is 4.03. The zero-order valence-corrected chi connectivity index (χ0v) is 14.5. The average molecular weight is 341 g/mol. The van der Waals surface area contributed by atoms with E-state index in [-0.39, 0.29) is 12.0 Å². The number of aryl methyl sites for hydroxylation is 1. The summed E-state index contributed by atoms with van der Waals surface area (Å²) in [5.74, 6) is 1.99. The molecule has 1 aliphatic rings. The number of hydrogen-bond donors (Lipinski definition) is 1. The summed E-state index contributed by atoms with van der Waals surface area (Å²) in [7, 11) is 0. The number of benzene rings is 2. The van der Waals surface area contributed by atoms with Gasteiger partial charge in [0.25, 0.3) is 5.91 Å². The lowest BCUT2D eigenvalue weighted by Crippen LogP contribution is -2.45. The van der Waals surface area contributed by atoms with Crippen LogP contribution in [-0.2, 0) is 4.79 Å². The Labute approximate surface area is 147 Å². The molecule has 25 heavy (non-hydrogen) atoms. The summed E-state index contributed by atoms with van der Waals surface area (Å²) in [4.78, 5) is 12.4. The van der Waals surface area contributed by atoms with E-state index in [0.717, 1.165) is 11.3 Å². The monoisotopic (exact) mass is 341 g/mol. The second kappa shape index (κ2) is 7.92. The van der Waals surface area contributed by atoms with Crippen molar-refractivity contribution in [2.24, 2.45) is 0 Å². The number of carbonyl (C=O) groups excluding carboxylic acids is 1. The highest BCUT2D eigenvalue weighted by Crippen LogP contribution is 2.30. The minimum atomic E-state index is -0.528. The Morgan fingerprint density at radius 2 is 1.92 bits per heavy atom. The van der Waals surface area contributed by atoms with Gasteiger partial charge in [0, 0.05) is 0 Å². The normalized spacial score (nSPS) is 16.8. The summed E-state index contributed by atoms with van der Waals surface area (Å²) >= 11 is 0. The van der Waals surface area contributed by atoms with Gasteiger partial charge >= 0.3 is 0 Å². The van der Waals surface area contributed by atoms with Crippen molar-refractivity contribution in [3.8, 4) is 17.2 Å². The van der Waals surface area contributed by atoms with Crippen molar-refractivity contribution in [2.75, 3.05) is 13.2 Å². The molecule has 0 aliphatic carbocycles. The number of ether oxygens (including phenoxy) is 3. The van der Waals surface area contributed by atoms with Crippen LogP contribution in [0.25, 0.3) is 0 Å². The smallest absolute Gasteiger partial charge is 0.261 e. The Hall–Kier alpha value is -2.69. The first-order valence-electron chi connectivity index (χ1n) is 8.55. The Balaban J connectivity index is 1.52. The van der Waals surface area contributed by atoms with Gasteiger partial charge in [-0.1, -0.05) is 36.8 Å². The molecule has 3 rings (SSSR count). The van der Waals surface area contributed by atoms with E-state index in [2.05, 4.69) is 5.32 Å². The summed E-state index contributed by atoms with van der Waals surface area (Å²) in [6.07, 6.45) is -0.153. The molecule has 1 amide bonds. The van der Waals surface area contributed by atoms with Crippen molar-refractivity contribution in [1.82, 2.24) is 5.32 Å². The first kappa shape index (κ1) is 17.1. The molecule has 2 aromatic carbocycles. The van der Waals surface area contributed by atoms with Gasteiger partial charge in [-0.25, -0.2) is 0 Å². The van der Waals surface area contributed by atoms with Crippen LogP contribution in [0.15, 0.2) is 48.5 Å². The van der Waals surface area contributed by atoms with Crippen LogP contribution in [0.5, 0.6) is 17.2 Å². The molecule has 0 saturated carbocycles. The van der Waals surface area contributed by atoms with E-state index in [1.165, 1.54) is 0 Å². The van der Waals surface area contributed by atoms with Crippen molar-refractivity contribution in [3.05, 3.63) is 54.1 Å². The predicted octanol–water partition coefficient (Wildman–Crippen LogP) is 3.11. The topological polar surface area (TPSA) is 56.8 Å². The molecule has 2 atom stereocenters. The van der Waals surface area contributed by atoms with Gasteiger partial charge < -0.3 is 19.5 Å². The van der Waals surface area contributed by atoms with Crippen LogP contribution < -0.4 is 19.5 Å². The molecule has 2 aromatic rings. The van der Waals surface area contributed by atoms with Crippen LogP contribution in [0, 0.1) is 6.92 Å². The van der Waals surface area contributed by atoms with E-state index < -0.39 is 6.10 Å². The van der Waals surface area contributed by atoms with Crippen LogP contribution in [-0.4, -0.2) is 31.3 Å². The third kappa shape index (κ3) is 4.44. The summed E-state index contributed by atoms with van der Waals surface area (Å²) in [6, 6.07) is 15.2. The standard InChI is InChI=1S/C20H23NO4/c1-3-17(24-15-10-8-14(2)9-11-15)20(22)21-12-16-13-23-18-6-4-5-7-19(18)25-16/h4-11,16-17H,3,12-13H2,1-2H3,(H,21,22)/t16-,17+/m0/s1. The number of hydrogen-bond acceptors (Lipinski definition) is 4. The van der Waals surface area contributed by atoms with Crippen LogP contribution >= 0.6 is 0 Å². The highest BCUT2D eigenvalue weighted by molar-refractivity contribution is 5.81. The van der Waals surface area contributed by atoms with Gasteiger partial charge in [0.1, 0.15) is 18.5 Å². The number of rotatable bonds is 6. The molecule has 0 aromatic heterocycles. The fourth-order valence-electron chi connectivity index (χ4n) is 2.60. The lowest BCUT2D eigenvalue weighted by molar-refractivity contribution is -0.128. The number of amides is 1. The molecule has 0 fully saturated rings. The van der Waals surface area contributed by atoms with Gasteiger partial charge in [-0.3, -0.25) is 4.79 Å². The first-order chi connectivity index (χ1) is 12.2. The van der Waals surface area contributed by atoms with Gasteiger partial charge in [0.05, 0.1) is 6.54 Å². The number of carbonyl (C=O) groups is 1. The molecule has 0 saturated heterocycles. The maximum Gasteiger partial charge on any atom is 0.261 e. The maximum absolute atomic E-state index is 12.4. The molecule has 1 heterocycles. The molecule has 0 radical (unpaired) electrons. The highest BCUT2D eigenvalue weighted by atomic mass is 16.6. The summed E-state index contributed by atoms with van der Waals surface area (Å²) in [6.45, 7) is 4.72. The molecule has 1 N–H and O–H groups in total. The second-order valence-corrected chi connectivity index (χ2v) is 6.07. The van der Waals surface area contributed by atoms with Crippen LogP contribution in [0.3, 0.4) is 0 Å². The van der Waals surface area contributed by atoms with Crippen LogP contribution in [0.4, 0.5) is 0 Å². The average Bonchev–Trinajstić information content (AvgIpc) is 2.65. The minimum absolute atomic E-state index is 0.148. The van der Waals surface area contributed by atoms with Gasteiger partial charge in [-0.2, -0.15) is 0 Å². The van der Waals surface area contributed by atoms with Gasteiger partial charge in [0.15, 0.2) is 17.6 Å². The Kier molecular flexibility index (Phi) is 5.43. The zero-order chi connectivity index (χ0) is 17.6. The molecular weight excluding hydrogens is 318 g/mol. The van der Waals surface area contributed by atoms with E-state index in [9.17, 15) is 4.79 Å². The van der Waals surface area contributed by atoms with Gasteiger partial charge in [-0.15, -0.1) is 0 Å². The molecule has 0 unspecified atom stereocenters. The fourth-order valence-corrected chi connectivity index (χ4v) is 2.60. The molecular formula is C20H23NO4. The van der Waals surface area contributed by atoms with E-state index >= 15 is 0 Å². The molecule has 1 aliphatic heterocycles. The van der Waals surface area contributed by atoms with Crippen molar-refractivity contribution in [1.29, 1.82) is 0 Å². The molecule has 0 bridgehead atoms. The lowest BCUT2D eigenvalue weighted by Gasteiger charge is -2.27. The molecule has 132 valence electrons. The zero-order valence-electron chi connectivity index (χ0n) is 14.5. The SMILES string of the molecule is CC[C@@H](Oc1ccc(C)cc1)C(=O)NC[C@H]1COc2ccccc2O1. The summed E-state index contributed by atoms with van der Waals surface area (Å²) < 4.78 is 17.3. The Bertz CT molecular complexity index is 714. The lowest BCUT2D eigenvalue weighted by atomic mass is 10.2. The predicted molar refractivity (Wildman–Crippen MR) is 95.2 cm³/mol. The first-order valence-corrected chi connectivity index (χ1v) is 8.55. The Morgan fingerprint density at radius 1 is 1.20 bits per heavy atom. The van der Waals surface area contributed by atoms with Crippen molar-refractivity contribution in [2.45, 2.75) is 32.5 Å². The number of para-hydroxylation sites is 2. The quantitative estimate of drug-likeness (QED) is 0.877. The van der Waals surface area contributed by atoms with Crippen LogP contribution in [0.1, 0.15) is 18.9 Å². The van der Waals surface area contributed by atoms with E-state index in [1.54, 1.807) is 0 Å². The molecule has 0 spiro atoms. The van der Waals surface area contributed by atoms with E-state index in [1.807, 2.05) is 62.4 Å². The highest BCUT2D eigenvalue weighted by Gasteiger charge is 2.23. The van der Waals surface area contributed by atoms with Crippen molar-refractivity contribution in [3.63, 3.8) is 0 Å². The van der Waals surface area contributed by atoms with E-state index in [0.29, 0.717) is 31.1 Å². The maximum atomic E-state index is 12.4. The van der Waals surface area contributed by atoms with Crippen molar-refractivity contribution >= 4 is 5.91 Å². The van der Waals surface area contributed by atoms with Gasteiger partial charge in [-0.05, 0) is 37.6 Å². The number of fused-ring (bicyclic) bond motifs is 1. The third-order valence-corrected chi connectivity index (χ3v) is 4.03. The summed E-state index contributed by atoms with van der Waals surface area (Å²) in [5.41, 5.74) is 1.15. The fraction of sp³-hybridized carbons (Fsp3) is 0.350. The Morgan fingerprint density at radius 3 is 2.64 bits per heavy atom. The van der Waals surface area contributed by atoms with Crippen LogP contribution in [0.2, 0.25) is 0 Å². The largest absolute Gasteiger partial charge is 0.486 e. The number of nitrogens with one attached hydrogen (secondary N) is 1. The minimum Gasteiger partial charge on any atom is -0.486 e. The van der Waals surface area contributed by atoms with Crippen molar-refractivity contribution < 1.29 is 19.0 Å².